The SMILES string of the molecule is C[C@@H](Nc1ccc(Cl)nc1C(=O)NS(C)(=O)=O)c1cc(F)cc2c(=O)n(C)c(N3CCC(c4nn(C)cc4F)CC3)nc12. The molecule has 0 unspecified atom stereocenters. The maximum absolute atomic E-state index is 14.8. The maximum Gasteiger partial charge on any atom is 0.285 e. The number of aromatic nitrogens is 5. The van der Waals surface area contributed by atoms with Crippen molar-refractivity contribution in [3.63, 3.8) is 0 Å². The Morgan fingerprint density at radius 1 is 1.14 bits per heavy atom. The highest BCUT2D eigenvalue weighted by molar-refractivity contribution is 7.89. The Morgan fingerprint density at radius 3 is 2.47 bits per heavy atom. The molecule has 0 aliphatic carbocycles. The molecular weight excluding hydrogens is 606 g/mol. The molecule has 1 aromatic carbocycles. The number of nitrogens with one attached hydrogen (secondary N) is 2. The number of piperidine rings is 1. The van der Waals surface area contributed by atoms with Crippen molar-refractivity contribution in [1.82, 2.24) is 29.0 Å². The van der Waals surface area contributed by atoms with Gasteiger partial charge in [0.05, 0.1) is 35.1 Å². The molecule has 1 aliphatic heterocycles. The highest BCUT2D eigenvalue weighted by Gasteiger charge is 2.28. The van der Waals surface area contributed by atoms with Gasteiger partial charge in [-0.25, -0.2) is 31.9 Å². The number of hydrogen-bond donors (Lipinski definition) is 2. The summed E-state index contributed by atoms with van der Waals surface area (Å²) in [4.78, 5) is 36.8. The van der Waals surface area contributed by atoms with E-state index in [0.29, 0.717) is 43.1 Å². The first-order valence-electron chi connectivity index (χ1n) is 13.3. The van der Waals surface area contributed by atoms with Gasteiger partial charge in [-0.1, -0.05) is 11.6 Å². The molecule has 1 saturated heterocycles. The summed E-state index contributed by atoms with van der Waals surface area (Å²) in [5, 5.41) is 7.33. The smallest absolute Gasteiger partial charge is 0.285 e. The van der Waals surface area contributed by atoms with Crippen LogP contribution in [-0.2, 0) is 24.1 Å². The molecular formula is C27H29ClF2N8O4S. The van der Waals surface area contributed by atoms with Gasteiger partial charge < -0.3 is 10.2 Å². The summed E-state index contributed by atoms with van der Waals surface area (Å²) >= 11 is 5.97. The number of fused-ring (bicyclic) bond motifs is 1. The number of aryl methyl sites for hydroxylation is 1. The predicted octanol–water partition coefficient (Wildman–Crippen LogP) is 3.24. The lowest BCUT2D eigenvalue weighted by molar-refractivity contribution is 0.0977. The van der Waals surface area contributed by atoms with E-state index >= 15 is 0 Å². The normalized spacial score (nSPS) is 15.1. The molecule has 1 aliphatic rings. The number of pyridine rings is 1. The minimum atomic E-state index is -3.90. The van der Waals surface area contributed by atoms with E-state index in [1.807, 2.05) is 9.62 Å². The van der Waals surface area contributed by atoms with Crippen LogP contribution in [0.25, 0.3) is 10.9 Å². The number of nitrogens with zero attached hydrogens (tertiary/aromatic N) is 6. The average molecular weight is 635 g/mol. The molecule has 0 spiro atoms. The molecule has 0 bridgehead atoms. The molecule has 12 nitrogen and oxygen atoms in total. The summed E-state index contributed by atoms with van der Waals surface area (Å²) in [7, 11) is -0.665. The number of carbonyl (C=O) groups excluding carboxylic acids is 1. The van der Waals surface area contributed by atoms with E-state index in [1.54, 1.807) is 21.0 Å². The van der Waals surface area contributed by atoms with Crippen molar-refractivity contribution in [2.24, 2.45) is 14.1 Å². The molecule has 1 atom stereocenters. The number of amides is 1. The second-order valence-electron chi connectivity index (χ2n) is 10.6. The Morgan fingerprint density at radius 2 is 1.84 bits per heavy atom. The van der Waals surface area contributed by atoms with E-state index in [1.165, 1.54) is 33.6 Å². The van der Waals surface area contributed by atoms with E-state index in [4.69, 9.17) is 16.6 Å². The second kappa shape index (κ2) is 11.5. The summed E-state index contributed by atoms with van der Waals surface area (Å²) in [5.41, 5.74) is 0.379. The zero-order chi connectivity index (χ0) is 31.2. The monoisotopic (exact) mass is 634 g/mol. The van der Waals surface area contributed by atoms with Crippen LogP contribution < -0.4 is 20.5 Å². The lowest BCUT2D eigenvalue weighted by Crippen LogP contribution is -2.38. The van der Waals surface area contributed by atoms with Gasteiger partial charge in [-0.2, -0.15) is 5.10 Å². The zero-order valence-electron chi connectivity index (χ0n) is 23.7. The van der Waals surface area contributed by atoms with Gasteiger partial charge in [0.15, 0.2) is 11.5 Å². The molecule has 2 N–H and O–H groups in total. The van der Waals surface area contributed by atoms with Gasteiger partial charge >= 0.3 is 0 Å². The largest absolute Gasteiger partial charge is 0.377 e. The van der Waals surface area contributed by atoms with Crippen LogP contribution in [0.5, 0.6) is 0 Å². The fourth-order valence-corrected chi connectivity index (χ4v) is 5.91. The van der Waals surface area contributed by atoms with Gasteiger partial charge in [-0.15, -0.1) is 0 Å². The summed E-state index contributed by atoms with van der Waals surface area (Å²) in [6.07, 6.45) is 3.36. The van der Waals surface area contributed by atoms with Crippen molar-refractivity contribution in [3.8, 4) is 0 Å². The second-order valence-corrected chi connectivity index (χ2v) is 12.7. The van der Waals surface area contributed by atoms with Crippen LogP contribution in [0.15, 0.2) is 35.3 Å². The number of benzene rings is 1. The number of rotatable bonds is 7. The van der Waals surface area contributed by atoms with E-state index in [-0.39, 0.29) is 39.2 Å². The first-order chi connectivity index (χ1) is 20.2. The predicted molar refractivity (Wildman–Crippen MR) is 158 cm³/mol. The van der Waals surface area contributed by atoms with E-state index in [9.17, 15) is 26.8 Å². The Labute approximate surface area is 250 Å². The first-order valence-corrected chi connectivity index (χ1v) is 15.6. The number of halogens is 3. The Hall–Kier alpha value is -4.11. The van der Waals surface area contributed by atoms with E-state index in [2.05, 4.69) is 15.4 Å². The van der Waals surface area contributed by atoms with Gasteiger partial charge in [-0.3, -0.25) is 18.8 Å². The lowest BCUT2D eigenvalue weighted by Gasteiger charge is -2.33. The molecule has 1 fully saturated rings. The zero-order valence-corrected chi connectivity index (χ0v) is 25.3. The molecule has 0 radical (unpaired) electrons. The van der Waals surface area contributed by atoms with Gasteiger partial charge in [0, 0.05) is 38.7 Å². The minimum absolute atomic E-state index is 0.0441. The number of anilines is 2. The van der Waals surface area contributed by atoms with Crippen LogP contribution in [0.4, 0.5) is 20.4 Å². The van der Waals surface area contributed by atoms with Gasteiger partial charge in [0.2, 0.25) is 16.0 Å². The number of hydrogen-bond acceptors (Lipinski definition) is 9. The van der Waals surface area contributed by atoms with Gasteiger partial charge in [0.1, 0.15) is 16.7 Å². The highest BCUT2D eigenvalue weighted by Crippen LogP contribution is 2.32. The van der Waals surface area contributed by atoms with E-state index in [0.717, 1.165) is 12.3 Å². The van der Waals surface area contributed by atoms with Crippen LogP contribution in [0.3, 0.4) is 0 Å². The van der Waals surface area contributed by atoms with Gasteiger partial charge in [-0.05, 0) is 44.0 Å². The Balaban J connectivity index is 1.49. The van der Waals surface area contributed by atoms with Crippen LogP contribution >= 0.6 is 11.6 Å². The van der Waals surface area contributed by atoms with E-state index < -0.39 is 33.3 Å². The topological polar surface area (TPSA) is 144 Å². The van der Waals surface area contributed by atoms with Crippen molar-refractivity contribution in [3.05, 3.63) is 74.6 Å². The quantitative estimate of drug-likeness (QED) is 0.293. The minimum Gasteiger partial charge on any atom is -0.377 e. The van der Waals surface area contributed by atoms with Crippen molar-refractivity contribution in [1.29, 1.82) is 0 Å². The van der Waals surface area contributed by atoms with Crippen LogP contribution in [0.2, 0.25) is 5.15 Å². The third kappa shape index (κ3) is 6.32. The molecule has 228 valence electrons. The molecule has 4 heterocycles. The van der Waals surface area contributed by atoms with Crippen molar-refractivity contribution in [2.45, 2.75) is 31.7 Å². The average Bonchev–Trinajstić information content (AvgIpc) is 3.28. The summed E-state index contributed by atoms with van der Waals surface area (Å²) in [6.45, 7) is 2.66. The van der Waals surface area contributed by atoms with Crippen molar-refractivity contribution in [2.75, 3.05) is 29.6 Å². The fraction of sp³-hybridized carbons (Fsp3) is 0.370. The van der Waals surface area contributed by atoms with Crippen LogP contribution in [0.1, 0.15) is 53.5 Å². The van der Waals surface area contributed by atoms with Crippen molar-refractivity contribution < 1.29 is 22.0 Å². The molecule has 1 amide bonds. The highest BCUT2D eigenvalue weighted by atomic mass is 35.5. The van der Waals surface area contributed by atoms with Gasteiger partial charge in [0.25, 0.3) is 11.5 Å². The van der Waals surface area contributed by atoms with Crippen LogP contribution in [0, 0.1) is 11.6 Å². The number of carbonyl (C=O) groups is 1. The van der Waals surface area contributed by atoms with Crippen molar-refractivity contribution >= 4 is 50.1 Å². The van der Waals surface area contributed by atoms with Crippen LogP contribution in [-0.4, -0.2) is 58.0 Å². The Kier molecular flexibility index (Phi) is 8.13. The summed E-state index contributed by atoms with van der Waals surface area (Å²) < 4.78 is 57.1. The third-order valence-electron chi connectivity index (χ3n) is 7.32. The molecule has 16 heteroatoms. The summed E-state index contributed by atoms with van der Waals surface area (Å²) in [6, 6.07) is 4.49. The maximum atomic E-state index is 14.8. The lowest BCUT2D eigenvalue weighted by atomic mass is 9.93. The Bertz CT molecular complexity index is 1910. The standard InChI is InChI=1S/C27H29ClF2N8O4S/c1-14(31-20-5-6-21(28)32-24(20)25(39)35-43(4,41)42)17-11-16(29)12-18-23(17)33-27(37(3)26(18)40)38-9-7-15(8-10-38)22-19(30)13-36(2)34-22/h5-6,11-15,31H,7-10H2,1-4H3,(H,35,39)/t14-/m1/s1. The molecule has 4 aromatic rings. The fourth-order valence-electron chi connectivity index (χ4n) is 5.33. The number of sulfonamides is 1. The first kappa shape index (κ1) is 30.4. The molecule has 43 heavy (non-hydrogen) atoms. The molecule has 5 rings (SSSR count). The molecule has 0 saturated carbocycles. The third-order valence-corrected chi connectivity index (χ3v) is 8.09. The summed E-state index contributed by atoms with van der Waals surface area (Å²) in [5.74, 6) is -1.72. The molecule has 3 aromatic heterocycles.